The number of nitrogens with zero attached hydrogens (tertiary/aromatic N) is 1. The van der Waals surface area contributed by atoms with Crippen LogP contribution in [-0.4, -0.2) is 36.8 Å². The third-order valence-corrected chi connectivity index (χ3v) is 1.48. The van der Waals surface area contributed by atoms with Gasteiger partial charge in [-0.1, -0.05) is 0 Å². The lowest BCUT2D eigenvalue weighted by Gasteiger charge is -2.06. The molecule has 0 amide bonds. The number of hydrogen-bond acceptors (Lipinski definition) is 2. The topological polar surface area (TPSA) is 63.4 Å². The van der Waals surface area contributed by atoms with Crippen LogP contribution in [0.15, 0.2) is 0 Å². The van der Waals surface area contributed by atoms with E-state index in [4.69, 9.17) is 5.11 Å². The van der Waals surface area contributed by atoms with Gasteiger partial charge in [0.15, 0.2) is 0 Å². The summed E-state index contributed by atoms with van der Waals surface area (Å²) in [5.74, 6) is -0.825. The molecule has 1 aliphatic heterocycles. The van der Waals surface area contributed by atoms with Gasteiger partial charge in [0.25, 0.3) is 0 Å². The highest BCUT2D eigenvalue weighted by Gasteiger charge is 2.18. The molecule has 1 saturated heterocycles. The Morgan fingerprint density at radius 2 is 2.50 bits per heavy atom. The molecule has 0 aromatic heterocycles. The molecule has 1 fully saturated rings. The second-order valence-corrected chi connectivity index (χ2v) is 2.32. The SMILES string of the molecule is O=C(O)C1CNCCC[N]1. The number of carbonyl (C=O) groups is 1. The molecule has 2 N–H and O–H groups in total. The zero-order valence-electron chi connectivity index (χ0n) is 5.71. The lowest BCUT2D eigenvalue weighted by molar-refractivity contribution is -0.139. The van der Waals surface area contributed by atoms with Crippen LogP contribution in [0, 0.1) is 0 Å². The first-order chi connectivity index (χ1) is 4.80. The highest BCUT2D eigenvalue weighted by atomic mass is 16.4. The van der Waals surface area contributed by atoms with E-state index >= 15 is 0 Å². The Morgan fingerprint density at radius 3 is 3.20 bits per heavy atom. The number of nitrogens with one attached hydrogen (secondary N) is 1. The molecule has 0 aromatic rings. The zero-order chi connectivity index (χ0) is 7.40. The average Bonchev–Trinajstić information content (AvgIpc) is 2.12. The van der Waals surface area contributed by atoms with Crippen molar-refractivity contribution >= 4 is 5.97 Å². The minimum absolute atomic E-state index is 0.481. The van der Waals surface area contributed by atoms with E-state index in [1.807, 2.05) is 0 Å². The summed E-state index contributed by atoms with van der Waals surface area (Å²) >= 11 is 0. The maximum atomic E-state index is 10.4. The van der Waals surface area contributed by atoms with E-state index in [9.17, 15) is 4.79 Å². The molecule has 4 heteroatoms. The smallest absolute Gasteiger partial charge is 0.323 e. The van der Waals surface area contributed by atoms with E-state index in [0.717, 1.165) is 13.0 Å². The molecule has 0 bridgehead atoms. The summed E-state index contributed by atoms with van der Waals surface area (Å²) in [4.78, 5) is 10.4. The van der Waals surface area contributed by atoms with Gasteiger partial charge >= 0.3 is 5.97 Å². The largest absolute Gasteiger partial charge is 0.480 e. The molecule has 0 saturated carbocycles. The Bertz CT molecular complexity index is 119. The fourth-order valence-electron chi connectivity index (χ4n) is 0.920. The van der Waals surface area contributed by atoms with E-state index in [1.165, 1.54) is 0 Å². The van der Waals surface area contributed by atoms with Crippen LogP contribution in [0.2, 0.25) is 0 Å². The quantitative estimate of drug-likeness (QED) is 0.497. The van der Waals surface area contributed by atoms with E-state index < -0.39 is 12.0 Å². The van der Waals surface area contributed by atoms with Gasteiger partial charge < -0.3 is 10.4 Å². The van der Waals surface area contributed by atoms with Gasteiger partial charge in [0, 0.05) is 13.1 Å². The second-order valence-electron chi connectivity index (χ2n) is 2.32. The van der Waals surface area contributed by atoms with Gasteiger partial charge in [0.05, 0.1) is 0 Å². The van der Waals surface area contributed by atoms with Crippen LogP contribution < -0.4 is 10.6 Å². The van der Waals surface area contributed by atoms with Crippen LogP contribution in [-0.2, 0) is 4.79 Å². The standard InChI is InChI=1S/C6H11N2O2/c9-6(10)5-4-7-2-1-3-8-5/h5,7H,1-4H2,(H,9,10). The lowest BCUT2D eigenvalue weighted by Crippen LogP contribution is -2.37. The maximum absolute atomic E-state index is 10.4. The third-order valence-electron chi connectivity index (χ3n) is 1.48. The van der Waals surface area contributed by atoms with Gasteiger partial charge in [-0.05, 0) is 13.0 Å². The number of carboxylic acids is 1. The fourth-order valence-corrected chi connectivity index (χ4v) is 0.920. The van der Waals surface area contributed by atoms with Crippen molar-refractivity contribution in [1.29, 1.82) is 0 Å². The first kappa shape index (κ1) is 7.50. The predicted octanol–water partition coefficient (Wildman–Crippen LogP) is -0.963. The summed E-state index contributed by atoms with van der Waals surface area (Å²) in [6, 6.07) is -0.525. The van der Waals surface area contributed by atoms with Gasteiger partial charge in [-0.2, -0.15) is 0 Å². The van der Waals surface area contributed by atoms with Crippen LogP contribution in [0.1, 0.15) is 6.42 Å². The predicted molar refractivity (Wildman–Crippen MR) is 35.9 cm³/mol. The Labute approximate surface area is 59.6 Å². The van der Waals surface area contributed by atoms with Crippen molar-refractivity contribution in [2.45, 2.75) is 12.5 Å². The van der Waals surface area contributed by atoms with E-state index in [2.05, 4.69) is 10.6 Å². The molecule has 4 nitrogen and oxygen atoms in total. The molecule has 1 radical (unpaired) electrons. The van der Waals surface area contributed by atoms with Crippen molar-refractivity contribution in [3.05, 3.63) is 0 Å². The molecule has 1 unspecified atom stereocenters. The van der Waals surface area contributed by atoms with Gasteiger partial charge in [-0.25, -0.2) is 5.32 Å². The molecule has 1 atom stereocenters. The molecular formula is C6H11N2O2. The number of rotatable bonds is 1. The number of carboxylic acid groups (broad SMARTS) is 1. The van der Waals surface area contributed by atoms with Crippen LogP contribution >= 0.6 is 0 Å². The summed E-state index contributed by atoms with van der Waals surface area (Å²) in [6.07, 6.45) is 0.948. The summed E-state index contributed by atoms with van der Waals surface area (Å²) in [7, 11) is 0. The molecule has 0 aliphatic carbocycles. The molecular weight excluding hydrogens is 132 g/mol. The molecule has 57 valence electrons. The van der Waals surface area contributed by atoms with E-state index in [1.54, 1.807) is 0 Å². The number of hydrogen-bond donors (Lipinski definition) is 2. The normalized spacial score (nSPS) is 27.4. The van der Waals surface area contributed by atoms with Crippen molar-refractivity contribution in [3.63, 3.8) is 0 Å². The van der Waals surface area contributed by atoms with Crippen molar-refractivity contribution in [2.75, 3.05) is 19.6 Å². The van der Waals surface area contributed by atoms with E-state index in [-0.39, 0.29) is 0 Å². The van der Waals surface area contributed by atoms with Gasteiger partial charge in [0.1, 0.15) is 6.04 Å². The highest BCUT2D eigenvalue weighted by Crippen LogP contribution is 1.90. The molecule has 1 heterocycles. The molecule has 0 spiro atoms. The fraction of sp³-hybridized carbons (Fsp3) is 0.833. The molecule has 1 rings (SSSR count). The minimum Gasteiger partial charge on any atom is -0.480 e. The molecule has 0 aromatic carbocycles. The second kappa shape index (κ2) is 3.53. The summed E-state index contributed by atoms with van der Waals surface area (Å²) in [6.45, 7) is 2.03. The molecule has 10 heavy (non-hydrogen) atoms. The van der Waals surface area contributed by atoms with Gasteiger partial charge in [-0.3, -0.25) is 4.79 Å². The Morgan fingerprint density at radius 1 is 1.70 bits per heavy atom. The summed E-state index contributed by atoms with van der Waals surface area (Å²) in [5.41, 5.74) is 0. The maximum Gasteiger partial charge on any atom is 0.323 e. The Balaban J connectivity index is 2.35. The Hall–Kier alpha value is -0.610. The van der Waals surface area contributed by atoms with Crippen molar-refractivity contribution in [1.82, 2.24) is 10.6 Å². The summed E-state index contributed by atoms with van der Waals surface area (Å²) < 4.78 is 0. The van der Waals surface area contributed by atoms with Crippen molar-refractivity contribution in [3.8, 4) is 0 Å². The van der Waals surface area contributed by atoms with Gasteiger partial charge in [0.2, 0.25) is 0 Å². The van der Waals surface area contributed by atoms with Crippen molar-refractivity contribution in [2.24, 2.45) is 0 Å². The first-order valence-corrected chi connectivity index (χ1v) is 3.41. The minimum atomic E-state index is -0.825. The zero-order valence-corrected chi connectivity index (χ0v) is 5.71. The highest BCUT2D eigenvalue weighted by molar-refractivity contribution is 5.73. The van der Waals surface area contributed by atoms with Crippen LogP contribution in [0.3, 0.4) is 0 Å². The van der Waals surface area contributed by atoms with Crippen LogP contribution in [0.5, 0.6) is 0 Å². The summed E-state index contributed by atoms with van der Waals surface area (Å²) in [5, 5.41) is 15.5. The average molecular weight is 143 g/mol. The van der Waals surface area contributed by atoms with Crippen molar-refractivity contribution < 1.29 is 9.90 Å². The first-order valence-electron chi connectivity index (χ1n) is 3.41. The monoisotopic (exact) mass is 143 g/mol. The van der Waals surface area contributed by atoms with Crippen LogP contribution in [0.25, 0.3) is 0 Å². The molecule has 1 aliphatic rings. The van der Waals surface area contributed by atoms with Gasteiger partial charge in [-0.15, -0.1) is 0 Å². The van der Waals surface area contributed by atoms with E-state index in [0.29, 0.717) is 13.1 Å². The number of aliphatic carboxylic acids is 1. The lowest BCUT2D eigenvalue weighted by atomic mass is 10.3. The van der Waals surface area contributed by atoms with Crippen LogP contribution in [0.4, 0.5) is 0 Å². The third kappa shape index (κ3) is 1.97. The Kier molecular flexibility index (Phi) is 2.65.